The molecular formula is C18H21N5O2. The van der Waals surface area contributed by atoms with Gasteiger partial charge in [-0.3, -0.25) is 10.1 Å². The van der Waals surface area contributed by atoms with Crippen LogP contribution in [0.3, 0.4) is 0 Å². The van der Waals surface area contributed by atoms with Crippen molar-refractivity contribution in [3.8, 4) is 5.75 Å². The molecule has 0 atom stereocenters. The Hall–Kier alpha value is -3.09. The highest BCUT2D eigenvalue weighted by Crippen LogP contribution is 2.18. The lowest BCUT2D eigenvalue weighted by Crippen LogP contribution is -2.18. The van der Waals surface area contributed by atoms with Gasteiger partial charge in [0, 0.05) is 18.7 Å². The number of amides is 1. The molecule has 2 heterocycles. The summed E-state index contributed by atoms with van der Waals surface area (Å²) in [5, 5.41) is 10.4. The van der Waals surface area contributed by atoms with Gasteiger partial charge in [-0.1, -0.05) is 26.0 Å². The Bertz CT molecular complexity index is 871. The molecule has 3 rings (SSSR count). The van der Waals surface area contributed by atoms with Gasteiger partial charge in [-0.15, -0.1) is 5.10 Å². The predicted molar refractivity (Wildman–Crippen MR) is 96.8 cm³/mol. The van der Waals surface area contributed by atoms with E-state index in [2.05, 4.69) is 20.7 Å². The van der Waals surface area contributed by atoms with Gasteiger partial charge in [-0.2, -0.15) is 4.98 Å². The maximum absolute atomic E-state index is 11.8. The summed E-state index contributed by atoms with van der Waals surface area (Å²) in [4.78, 5) is 16.2. The van der Waals surface area contributed by atoms with Crippen LogP contribution in [0.25, 0.3) is 5.65 Å². The molecule has 7 nitrogen and oxygen atoms in total. The number of ether oxygens (including phenoxy) is 1. The van der Waals surface area contributed by atoms with Crippen molar-refractivity contribution in [2.24, 2.45) is 5.92 Å². The van der Waals surface area contributed by atoms with Gasteiger partial charge in [-0.05, 0) is 29.8 Å². The number of aromatic nitrogens is 3. The number of rotatable bonds is 6. The molecule has 0 bridgehead atoms. The maximum Gasteiger partial charge on any atom is 0.249 e. The lowest BCUT2D eigenvalue weighted by molar-refractivity contribution is -0.118. The van der Waals surface area contributed by atoms with Crippen molar-refractivity contribution in [3.63, 3.8) is 0 Å². The van der Waals surface area contributed by atoms with Crippen LogP contribution in [0.15, 0.2) is 42.6 Å². The molecule has 1 amide bonds. The van der Waals surface area contributed by atoms with Crippen LogP contribution in [0.5, 0.6) is 5.75 Å². The summed E-state index contributed by atoms with van der Waals surface area (Å²) in [6.45, 7) is 4.30. The molecule has 0 radical (unpaired) electrons. The molecule has 0 saturated carbocycles. The van der Waals surface area contributed by atoms with Gasteiger partial charge in [0.15, 0.2) is 5.65 Å². The fourth-order valence-corrected chi connectivity index (χ4v) is 2.29. The van der Waals surface area contributed by atoms with Crippen LogP contribution in [0, 0.1) is 5.92 Å². The zero-order valence-electron chi connectivity index (χ0n) is 14.5. The van der Waals surface area contributed by atoms with Gasteiger partial charge in [0.1, 0.15) is 5.75 Å². The highest BCUT2D eigenvalue weighted by molar-refractivity contribution is 5.90. The minimum absolute atomic E-state index is 0.108. The number of hydrogen-bond acceptors (Lipinski definition) is 5. The highest BCUT2D eigenvalue weighted by atomic mass is 16.5. The number of hydrogen-bond donors (Lipinski definition) is 2. The van der Waals surface area contributed by atoms with E-state index in [-0.39, 0.29) is 11.8 Å². The van der Waals surface area contributed by atoms with Crippen molar-refractivity contribution in [2.75, 3.05) is 17.7 Å². The van der Waals surface area contributed by atoms with Crippen molar-refractivity contribution < 1.29 is 9.53 Å². The van der Waals surface area contributed by atoms with Crippen molar-refractivity contribution in [1.29, 1.82) is 0 Å². The van der Waals surface area contributed by atoms with Crippen LogP contribution in [-0.4, -0.2) is 27.6 Å². The first-order valence-corrected chi connectivity index (χ1v) is 8.10. The van der Waals surface area contributed by atoms with E-state index in [0.29, 0.717) is 18.1 Å². The lowest BCUT2D eigenvalue weighted by Gasteiger charge is -2.08. The number of fused-ring (bicyclic) bond motifs is 1. The number of pyridine rings is 1. The van der Waals surface area contributed by atoms with Crippen LogP contribution in [0.2, 0.25) is 0 Å². The van der Waals surface area contributed by atoms with Gasteiger partial charge in [-0.25, -0.2) is 4.52 Å². The normalized spacial score (nSPS) is 10.9. The summed E-state index contributed by atoms with van der Waals surface area (Å²) in [6, 6.07) is 11.7. The monoisotopic (exact) mass is 339 g/mol. The van der Waals surface area contributed by atoms with E-state index >= 15 is 0 Å². The molecule has 25 heavy (non-hydrogen) atoms. The Balaban J connectivity index is 1.76. The molecular weight excluding hydrogens is 318 g/mol. The van der Waals surface area contributed by atoms with Crippen molar-refractivity contribution in [3.05, 3.63) is 48.2 Å². The molecule has 0 aliphatic heterocycles. The first kappa shape index (κ1) is 16.8. The summed E-state index contributed by atoms with van der Waals surface area (Å²) in [5.41, 5.74) is 2.63. The fourth-order valence-electron chi connectivity index (χ4n) is 2.29. The molecule has 0 fully saturated rings. The Morgan fingerprint density at radius 1 is 1.24 bits per heavy atom. The second-order valence-electron chi connectivity index (χ2n) is 5.97. The van der Waals surface area contributed by atoms with Crippen LogP contribution in [-0.2, 0) is 11.3 Å². The van der Waals surface area contributed by atoms with Crippen LogP contribution in [0.4, 0.5) is 11.6 Å². The van der Waals surface area contributed by atoms with E-state index in [9.17, 15) is 4.79 Å². The number of methoxy groups -OCH3 is 1. The molecule has 0 saturated heterocycles. The average molecular weight is 339 g/mol. The Morgan fingerprint density at radius 2 is 2.00 bits per heavy atom. The number of carbonyl (C=O) groups excluding carboxylic acids is 1. The van der Waals surface area contributed by atoms with E-state index < -0.39 is 0 Å². The van der Waals surface area contributed by atoms with Gasteiger partial charge in [0.05, 0.1) is 12.8 Å². The first-order chi connectivity index (χ1) is 12.1. The zero-order valence-corrected chi connectivity index (χ0v) is 14.5. The van der Waals surface area contributed by atoms with Crippen molar-refractivity contribution >= 4 is 23.2 Å². The molecule has 0 aliphatic carbocycles. The third kappa shape index (κ3) is 3.88. The number of benzene rings is 1. The SMILES string of the molecule is COc1ccc(CNc2cccn3nc(NC(=O)C(C)C)nc23)cc1. The quantitative estimate of drug-likeness (QED) is 0.722. The van der Waals surface area contributed by atoms with Crippen LogP contribution < -0.4 is 15.4 Å². The molecule has 3 aromatic rings. The second-order valence-corrected chi connectivity index (χ2v) is 5.97. The standard InChI is InChI=1S/C18H21N5O2/c1-12(2)17(24)21-18-20-16-15(5-4-10-23(16)22-18)19-11-13-6-8-14(25-3)9-7-13/h4-10,12,19H,11H2,1-3H3,(H,21,22,24). The minimum atomic E-state index is -0.126. The zero-order chi connectivity index (χ0) is 17.8. The van der Waals surface area contributed by atoms with E-state index in [0.717, 1.165) is 17.0 Å². The van der Waals surface area contributed by atoms with E-state index in [1.165, 1.54) is 0 Å². The smallest absolute Gasteiger partial charge is 0.249 e. The molecule has 1 aromatic carbocycles. The average Bonchev–Trinajstić information content (AvgIpc) is 3.03. The lowest BCUT2D eigenvalue weighted by atomic mass is 10.2. The van der Waals surface area contributed by atoms with Gasteiger partial charge >= 0.3 is 0 Å². The van der Waals surface area contributed by atoms with Crippen LogP contribution >= 0.6 is 0 Å². The molecule has 7 heteroatoms. The van der Waals surface area contributed by atoms with Gasteiger partial charge < -0.3 is 10.1 Å². The molecule has 130 valence electrons. The summed E-state index contributed by atoms with van der Waals surface area (Å²) in [7, 11) is 1.65. The number of anilines is 2. The fraction of sp³-hybridized carbons (Fsp3) is 0.278. The topological polar surface area (TPSA) is 80.5 Å². The Morgan fingerprint density at radius 3 is 2.68 bits per heavy atom. The summed E-state index contributed by atoms with van der Waals surface area (Å²) in [6.07, 6.45) is 1.80. The van der Waals surface area contributed by atoms with E-state index in [4.69, 9.17) is 4.74 Å². The molecule has 0 spiro atoms. The Labute approximate surface area is 146 Å². The molecule has 0 unspecified atom stereocenters. The largest absolute Gasteiger partial charge is 0.497 e. The second kappa shape index (κ2) is 7.21. The number of carbonyl (C=O) groups is 1. The predicted octanol–water partition coefficient (Wildman–Crippen LogP) is 2.94. The van der Waals surface area contributed by atoms with Gasteiger partial charge in [0.25, 0.3) is 0 Å². The number of nitrogens with one attached hydrogen (secondary N) is 2. The summed E-state index contributed by atoms with van der Waals surface area (Å²) in [5.74, 6) is 0.897. The third-order valence-electron chi connectivity index (χ3n) is 3.76. The maximum atomic E-state index is 11.8. The Kier molecular flexibility index (Phi) is 4.83. The third-order valence-corrected chi connectivity index (χ3v) is 3.76. The first-order valence-electron chi connectivity index (χ1n) is 8.10. The summed E-state index contributed by atoms with van der Waals surface area (Å²) < 4.78 is 6.81. The van der Waals surface area contributed by atoms with Crippen molar-refractivity contribution in [2.45, 2.75) is 20.4 Å². The van der Waals surface area contributed by atoms with Crippen LogP contribution in [0.1, 0.15) is 19.4 Å². The van der Waals surface area contributed by atoms with Crippen molar-refractivity contribution in [1.82, 2.24) is 14.6 Å². The highest BCUT2D eigenvalue weighted by Gasteiger charge is 2.12. The number of nitrogens with zero attached hydrogens (tertiary/aromatic N) is 3. The molecule has 2 aromatic heterocycles. The molecule has 0 aliphatic rings. The minimum Gasteiger partial charge on any atom is -0.497 e. The van der Waals surface area contributed by atoms with Gasteiger partial charge in [0.2, 0.25) is 11.9 Å². The van der Waals surface area contributed by atoms with E-state index in [1.807, 2.05) is 50.2 Å². The van der Waals surface area contributed by atoms with E-state index in [1.54, 1.807) is 17.8 Å². The summed E-state index contributed by atoms with van der Waals surface area (Å²) >= 11 is 0. The molecule has 2 N–H and O–H groups in total.